The van der Waals surface area contributed by atoms with Crippen LogP contribution in [0.15, 0.2) is 66.0 Å². The zero-order valence-corrected chi connectivity index (χ0v) is 15.4. The number of hydrogen-bond acceptors (Lipinski definition) is 5. The Morgan fingerprint density at radius 1 is 1.25 bits per heavy atom. The lowest BCUT2D eigenvalue weighted by Gasteiger charge is -2.11. The average molecular weight is 396 g/mol. The lowest BCUT2D eigenvalue weighted by atomic mass is 10.2. The maximum Gasteiger partial charge on any atom is 0.404 e. The van der Waals surface area contributed by atoms with Gasteiger partial charge in [-0.2, -0.15) is 5.26 Å². The van der Waals surface area contributed by atoms with E-state index in [-0.39, 0.29) is 17.0 Å². The van der Waals surface area contributed by atoms with Gasteiger partial charge in [-0.05, 0) is 42.3 Å². The Balaban J connectivity index is 2.11. The predicted octanol–water partition coefficient (Wildman–Crippen LogP) is 2.47. The Kier molecular flexibility index (Phi) is 5.42. The van der Waals surface area contributed by atoms with E-state index in [0.717, 1.165) is 3.97 Å². The summed E-state index contributed by atoms with van der Waals surface area (Å²) in [6.45, 7) is 0.140. The van der Waals surface area contributed by atoms with E-state index in [1.54, 1.807) is 36.5 Å². The number of rotatable bonds is 6. The fraction of sp³-hybridized carbons (Fsp3) is 0.105. The van der Waals surface area contributed by atoms with E-state index in [9.17, 15) is 18.5 Å². The van der Waals surface area contributed by atoms with Gasteiger partial charge in [-0.15, -0.1) is 0 Å². The minimum Gasteiger partial charge on any atom is -0.465 e. The molecule has 0 spiro atoms. The number of benzene rings is 1. The highest BCUT2D eigenvalue weighted by Crippen LogP contribution is 2.28. The Morgan fingerprint density at radius 2 is 2.04 bits per heavy atom. The van der Waals surface area contributed by atoms with E-state index < -0.39 is 16.1 Å². The second-order valence-corrected chi connectivity index (χ2v) is 7.65. The van der Waals surface area contributed by atoms with Crippen LogP contribution in [0.1, 0.15) is 11.1 Å². The first kappa shape index (κ1) is 19.1. The molecule has 8 nitrogen and oxygen atoms in total. The molecule has 0 radical (unpaired) electrons. The van der Waals surface area contributed by atoms with Gasteiger partial charge in [0.05, 0.1) is 11.3 Å². The molecule has 2 aromatic heterocycles. The van der Waals surface area contributed by atoms with E-state index in [4.69, 9.17) is 5.11 Å². The zero-order valence-electron chi connectivity index (χ0n) is 14.6. The molecule has 0 saturated heterocycles. The van der Waals surface area contributed by atoms with Crippen molar-refractivity contribution in [1.29, 1.82) is 5.26 Å². The molecule has 9 heteroatoms. The predicted molar refractivity (Wildman–Crippen MR) is 101 cm³/mol. The molecule has 2 heterocycles. The summed E-state index contributed by atoms with van der Waals surface area (Å²) < 4.78 is 27.7. The maximum absolute atomic E-state index is 13.3. The van der Waals surface area contributed by atoms with E-state index in [2.05, 4.69) is 10.3 Å². The third-order valence-corrected chi connectivity index (χ3v) is 5.77. The van der Waals surface area contributed by atoms with Crippen molar-refractivity contribution in [2.75, 3.05) is 6.54 Å². The Hall–Kier alpha value is -3.64. The number of aromatic nitrogens is 2. The maximum atomic E-state index is 13.3. The van der Waals surface area contributed by atoms with Gasteiger partial charge in [0, 0.05) is 30.7 Å². The van der Waals surface area contributed by atoms with Gasteiger partial charge in [0.25, 0.3) is 10.0 Å². The van der Waals surface area contributed by atoms with E-state index in [1.165, 1.54) is 24.5 Å². The fourth-order valence-corrected chi connectivity index (χ4v) is 4.31. The molecule has 0 bridgehead atoms. The van der Waals surface area contributed by atoms with Crippen molar-refractivity contribution < 1.29 is 18.3 Å². The minimum absolute atomic E-state index is 0.0439. The molecule has 28 heavy (non-hydrogen) atoms. The average Bonchev–Trinajstić information content (AvgIpc) is 3.13. The molecule has 0 atom stereocenters. The summed E-state index contributed by atoms with van der Waals surface area (Å²) in [5.41, 5.74) is 1.64. The summed E-state index contributed by atoms with van der Waals surface area (Å²) in [5, 5.41) is 20.3. The molecule has 0 aliphatic heterocycles. The van der Waals surface area contributed by atoms with Gasteiger partial charge >= 0.3 is 6.09 Å². The fourth-order valence-electron chi connectivity index (χ4n) is 2.76. The van der Waals surface area contributed by atoms with Crippen LogP contribution in [0.3, 0.4) is 0 Å². The second-order valence-electron chi connectivity index (χ2n) is 5.87. The normalized spacial score (nSPS) is 11.0. The van der Waals surface area contributed by atoms with Crippen LogP contribution in [-0.4, -0.2) is 35.1 Å². The van der Waals surface area contributed by atoms with E-state index >= 15 is 0 Å². The topological polar surface area (TPSA) is 125 Å². The van der Waals surface area contributed by atoms with Crippen LogP contribution in [0.25, 0.3) is 11.3 Å². The van der Waals surface area contributed by atoms with Gasteiger partial charge in [-0.25, -0.2) is 17.2 Å². The number of carboxylic acid groups (broad SMARTS) is 1. The van der Waals surface area contributed by atoms with Gasteiger partial charge in [0.2, 0.25) is 0 Å². The van der Waals surface area contributed by atoms with Crippen molar-refractivity contribution in [1.82, 2.24) is 14.3 Å². The van der Waals surface area contributed by atoms with Crippen LogP contribution < -0.4 is 5.32 Å². The number of amides is 1. The van der Waals surface area contributed by atoms with Crippen LogP contribution in [0.2, 0.25) is 0 Å². The lowest BCUT2D eigenvalue weighted by molar-refractivity contribution is 0.194. The molecule has 3 aromatic rings. The number of carbonyl (C=O) groups is 1. The minimum atomic E-state index is -4.05. The second kappa shape index (κ2) is 7.94. The summed E-state index contributed by atoms with van der Waals surface area (Å²) in [7, 11) is -4.05. The first-order valence-electron chi connectivity index (χ1n) is 8.26. The highest BCUT2D eigenvalue weighted by molar-refractivity contribution is 7.90. The van der Waals surface area contributed by atoms with Crippen molar-refractivity contribution in [3.63, 3.8) is 0 Å². The van der Waals surface area contributed by atoms with Gasteiger partial charge in [0.1, 0.15) is 11.0 Å². The molecule has 0 fully saturated rings. The van der Waals surface area contributed by atoms with E-state index in [0.29, 0.717) is 23.2 Å². The van der Waals surface area contributed by atoms with Crippen molar-refractivity contribution in [2.24, 2.45) is 0 Å². The first-order chi connectivity index (χ1) is 13.4. The molecule has 0 aliphatic rings. The van der Waals surface area contributed by atoms with Crippen molar-refractivity contribution in [3.8, 4) is 17.3 Å². The summed E-state index contributed by atoms with van der Waals surface area (Å²) in [4.78, 5) is 14.6. The van der Waals surface area contributed by atoms with Crippen LogP contribution in [-0.2, 0) is 16.4 Å². The third-order valence-electron chi connectivity index (χ3n) is 4.03. The first-order valence-corrected chi connectivity index (χ1v) is 9.70. The summed E-state index contributed by atoms with van der Waals surface area (Å²) >= 11 is 0. The third kappa shape index (κ3) is 3.87. The Bertz CT molecular complexity index is 1150. The van der Waals surface area contributed by atoms with Gasteiger partial charge in [0.15, 0.2) is 0 Å². The molecule has 0 saturated carbocycles. The number of nitrogens with one attached hydrogen (secondary N) is 1. The van der Waals surface area contributed by atoms with Crippen molar-refractivity contribution in [3.05, 3.63) is 72.2 Å². The zero-order chi connectivity index (χ0) is 20.1. The summed E-state index contributed by atoms with van der Waals surface area (Å²) in [6.07, 6.45) is 3.71. The van der Waals surface area contributed by atoms with E-state index in [1.807, 2.05) is 6.07 Å². The standard InChI is InChI=1S/C19H16N4O4S/c20-11-15-4-1-2-6-18(15)28(26,27)23-13-14(7-9-22-19(24)25)10-17(23)16-5-3-8-21-12-16/h1-6,8,10,12-13,22H,7,9H2,(H,24,25). The molecule has 1 amide bonds. The van der Waals surface area contributed by atoms with Crippen molar-refractivity contribution in [2.45, 2.75) is 11.3 Å². The summed E-state index contributed by atoms with van der Waals surface area (Å²) in [5.74, 6) is 0. The molecule has 1 aromatic carbocycles. The summed E-state index contributed by atoms with van der Waals surface area (Å²) in [6, 6.07) is 13.0. The van der Waals surface area contributed by atoms with Gasteiger partial charge < -0.3 is 10.4 Å². The van der Waals surface area contributed by atoms with Crippen molar-refractivity contribution >= 4 is 16.1 Å². The SMILES string of the molecule is N#Cc1ccccc1S(=O)(=O)n1cc(CCNC(=O)O)cc1-c1cccnc1. The number of hydrogen-bond donors (Lipinski definition) is 2. The largest absolute Gasteiger partial charge is 0.465 e. The molecule has 0 unspecified atom stereocenters. The van der Waals surface area contributed by atoms with Crippen LogP contribution in [0.4, 0.5) is 4.79 Å². The molecule has 3 rings (SSSR count). The monoisotopic (exact) mass is 396 g/mol. The quantitative estimate of drug-likeness (QED) is 0.659. The lowest BCUT2D eigenvalue weighted by Crippen LogP contribution is -2.23. The van der Waals surface area contributed by atoms with Crippen LogP contribution in [0, 0.1) is 11.3 Å². The van der Waals surface area contributed by atoms with Gasteiger partial charge in [-0.3, -0.25) is 4.98 Å². The highest BCUT2D eigenvalue weighted by atomic mass is 32.2. The Labute approximate surface area is 161 Å². The van der Waals surface area contributed by atoms with Gasteiger partial charge in [-0.1, -0.05) is 12.1 Å². The highest BCUT2D eigenvalue weighted by Gasteiger charge is 2.24. The molecular formula is C19H16N4O4S. The van der Waals surface area contributed by atoms with Crippen LogP contribution in [0.5, 0.6) is 0 Å². The smallest absolute Gasteiger partial charge is 0.404 e. The number of nitrogens with zero attached hydrogens (tertiary/aromatic N) is 3. The molecule has 2 N–H and O–H groups in total. The molecular weight excluding hydrogens is 380 g/mol. The number of nitriles is 1. The Morgan fingerprint density at radius 3 is 2.71 bits per heavy atom. The number of pyridine rings is 1. The molecule has 142 valence electrons. The van der Waals surface area contributed by atoms with Crippen LogP contribution >= 0.6 is 0 Å². The molecule has 0 aliphatic carbocycles.